The molecule has 68 heavy (non-hydrogen) atoms. The summed E-state index contributed by atoms with van der Waals surface area (Å²) >= 11 is 0. The largest absolute Gasteiger partial charge is 0.481 e. The van der Waals surface area contributed by atoms with Gasteiger partial charge < -0.3 is 52.8 Å². The third-order valence-corrected chi connectivity index (χ3v) is 11.1. The minimum absolute atomic E-state index is 0.108. The van der Waals surface area contributed by atoms with Gasteiger partial charge in [0.25, 0.3) is 5.91 Å². The molecule has 0 bridgehead atoms. The number of amides is 7. The second kappa shape index (κ2) is 25.7. The number of aliphatic carboxylic acids is 2. The molecule has 1 unspecified atom stereocenters. The Morgan fingerprint density at radius 3 is 1.76 bits per heavy atom. The van der Waals surface area contributed by atoms with Gasteiger partial charge in [-0.25, -0.2) is 0 Å². The van der Waals surface area contributed by atoms with Crippen LogP contribution in [0.3, 0.4) is 0 Å². The third-order valence-electron chi connectivity index (χ3n) is 11.1. The zero-order chi connectivity index (χ0) is 50.9. The summed E-state index contributed by atoms with van der Waals surface area (Å²) in [6.07, 6.45) is 0.685. The number of para-hydroxylation sites is 1. The Labute approximate surface area is 395 Å². The number of ketones is 1. The molecule has 0 aliphatic heterocycles. The van der Waals surface area contributed by atoms with Crippen LogP contribution in [-0.4, -0.2) is 111 Å². The predicted molar refractivity (Wildman–Crippen MR) is 250 cm³/mol. The van der Waals surface area contributed by atoms with Crippen molar-refractivity contribution >= 4 is 70.0 Å². The van der Waals surface area contributed by atoms with Crippen LogP contribution in [0.25, 0.3) is 10.9 Å². The fourth-order valence-electron chi connectivity index (χ4n) is 7.41. The lowest BCUT2D eigenvalue weighted by Crippen LogP contribution is -2.62. The van der Waals surface area contributed by atoms with Gasteiger partial charge in [0.2, 0.25) is 41.2 Å². The van der Waals surface area contributed by atoms with Crippen molar-refractivity contribution in [2.24, 2.45) is 17.1 Å². The number of benzene rings is 2. The van der Waals surface area contributed by atoms with E-state index in [2.05, 4.69) is 36.9 Å². The van der Waals surface area contributed by atoms with Crippen LogP contribution < -0.4 is 37.6 Å². The molecule has 6 atom stereocenters. The minimum Gasteiger partial charge on any atom is -0.481 e. The van der Waals surface area contributed by atoms with Crippen molar-refractivity contribution in [3.05, 3.63) is 71.4 Å². The number of carboxylic acids is 2. The summed E-state index contributed by atoms with van der Waals surface area (Å²) in [5.41, 5.74) is 6.92. The summed E-state index contributed by atoms with van der Waals surface area (Å²) in [5.74, 6) is -10.3. The maximum Gasteiger partial charge on any atom is 0.305 e. The van der Waals surface area contributed by atoms with E-state index in [9.17, 15) is 53.1 Å². The summed E-state index contributed by atoms with van der Waals surface area (Å²) < 4.78 is 0. The first-order valence-corrected chi connectivity index (χ1v) is 22.6. The maximum atomic E-state index is 14.6. The van der Waals surface area contributed by atoms with Crippen molar-refractivity contribution in [3.63, 3.8) is 0 Å². The zero-order valence-electron chi connectivity index (χ0n) is 39.7. The summed E-state index contributed by atoms with van der Waals surface area (Å²) in [7, 11) is 0. The van der Waals surface area contributed by atoms with Crippen LogP contribution in [0, 0.1) is 18.3 Å². The summed E-state index contributed by atoms with van der Waals surface area (Å²) in [4.78, 5) is 134. The number of aryl methyl sites for hydroxylation is 1. The minimum atomic E-state index is -1.73. The van der Waals surface area contributed by atoms with E-state index in [1.165, 1.54) is 0 Å². The molecular weight excluding hydrogens is 881 g/mol. The number of nitrogens with two attached hydrogens (primary N) is 1. The number of rotatable bonds is 27. The molecule has 370 valence electrons. The van der Waals surface area contributed by atoms with Crippen LogP contribution in [0.1, 0.15) is 103 Å². The van der Waals surface area contributed by atoms with Crippen LogP contribution in [0.15, 0.2) is 54.7 Å². The number of nitrogens with one attached hydrogen (secondary N) is 7. The number of aromatic amines is 1. The zero-order valence-corrected chi connectivity index (χ0v) is 39.7. The van der Waals surface area contributed by atoms with Gasteiger partial charge in [0, 0.05) is 36.4 Å². The summed E-state index contributed by atoms with van der Waals surface area (Å²) in [6.45, 7) is 12.3. The van der Waals surface area contributed by atoms with E-state index in [1.807, 2.05) is 20.8 Å². The molecule has 1 aromatic heterocycles. The number of H-pyrrole nitrogens is 1. The molecule has 0 radical (unpaired) electrons. The van der Waals surface area contributed by atoms with Gasteiger partial charge >= 0.3 is 11.9 Å². The lowest BCUT2D eigenvalue weighted by Gasteiger charge is -2.34. The Morgan fingerprint density at radius 1 is 0.647 bits per heavy atom. The van der Waals surface area contributed by atoms with Gasteiger partial charge in [-0.1, -0.05) is 96.8 Å². The molecule has 3 rings (SSSR count). The number of unbranched alkanes of at least 4 members (excludes halogenated alkanes) is 1. The van der Waals surface area contributed by atoms with Gasteiger partial charge in [-0.2, -0.15) is 0 Å². The SMILES string of the molecule is CCCCC(NC(=O)[C@H](CC(C)C)NC(=O)[C@@H](NC(=O)[C@H](Cc1ccccc1C)NC(=O)[C@H](Cc1c[nH]c2ccccc12)NC(=O)[C@H](CC(=O)O)NC(=O)CCC(=O)O)C(C)(C)C)C(=O)C(N)=O. The van der Waals surface area contributed by atoms with Gasteiger partial charge in [0.15, 0.2) is 0 Å². The lowest BCUT2D eigenvalue weighted by atomic mass is 9.85. The fraction of sp³-hybridized carbons (Fsp3) is 0.500. The Balaban J connectivity index is 2.03. The number of aromatic nitrogens is 1. The number of carbonyl (C=O) groups excluding carboxylic acids is 8. The van der Waals surface area contributed by atoms with Gasteiger partial charge in [0.05, 0.1) is 18.9 Å². The molecule has 0 aliphatic rings. The van der Waals surface area contributed by atoms with Crippen molar-refractivity contribution < 1.29 is 58.2 Å². The first-order chi connectivity index (χ1) is 31.9. The van der Waals surface area contributed by atoms with E-state index >= 15 is 0 Å². The van der Waals surface area contributed by atoms with Crippen LogP contribution in [0.4, 0.5) is 0 Å². The van der Waals surface area contributed by atoms with Gasteiger partial charge in [-0.3, -0.25) is 47.9 Å². The third kappa shape index (κ3) is 17.3. The average Bonchev–Trinajstić information content (AvgIpc) is 3.67. The molecule has 0 fully saturated rings. The smallest absolute Gasteiger partial charge is 0.305 e. The number of carboxylic acid groups (broad SMARTS) is 2. The maximum absolute atomic E-state index is 14.6. The van der Waals surface area contributed by atoms with Crippen LogP contribution in [0.5, 0.6) is 0 Å². The highest BCUT2D eigenvalue weighted by Gasteiger charge is 2.39. The molecule has 7 amide bonds. The van der Waals surface area contributed by atoms with Crippen molar-refractivity contribution in [2.75, 3.05) is 0 Å². The second-order valence-corrected chi connectivity index (χ2v) is 18.4. The van der Waals surface area contributed by atoms with E-state index < -0.39 is 120 Å². The normalized spacial score (nSPS) is 14.0. The molecule has 20 nitrogen and oxygen atoms in total. The van der Waals surface area contributed by atoms with Crippen molar-refractivity contribution in [3.8, 4) is 0 Å². The highest BCUT2D eigenvalue weighted by Crippen LogP contribution is 2.22. The Morgan fingerprint density at radius 2 is 1.19 bits per heavy atom. The Kier molecular flexibility index (Phi) is 20.9. The molecule has 0 saturated heterocycles. The van der Waals surface area contributed by atoms with Crippen molar-refractivity contribution in [2.45, 2.75) is 143 Å². The van der Waals surface area contributed by atoms with Crippen LogP contribution in [-0.2, 0) is 60.8 Å². The quantitative estimate of drug-likeness (QED) is 0.0490. The number of carbonyl (C=O) groups is 10. The first-order valence-electron chi connectivity index (χ1n) is 22.6. The summed E-state index contributed by atoms with van der Waals surface area (Å²) in [5, 5.41) is 35.0. The molecule has 0 aliphatic carbocycles. The van der Waals surface area contributed by atoms with Crippen molar-refractivity contribution in [1.82, 2.24) is 36.9 Å². The summed E-state index contributed by atoms with van der Waals surface area (Å²) in [6, 6.07) is 5.79. The monoisotopic (exact) mass is 946 g/mol. The van der Waals surface area contributed by atoms with E-state index in [1.54, 1.807) is 82.4 Å². The average molecular weight is 947 g/mol. The number of hydrogen-bond acceptors (Lipinski definition) is 10. The standard InChI is InChI=1S/C48H66N8O12/c1-8-9-17-32(40(62)42(49)63)52-43(64)33(21-26(2)3)55-47(68)41(48(5,6)7)56-46(67)34(22-28-15-11-10-14-27(28)4)53-44(65)35(23-29-25-50-31-18-13-12-16-30(29)31)54-45(66)36(24-39(60)61)51-37(57)19-20-38(58)59/h10-16,18,25-26,32-36,41,50H,8-9,17,19-24H2,1-7H3,(H2,49,63)(H,51,57)(H,52,64)(H,53,65)(H,54,66)(H,55,68)(H,56,67)(H,58,59)(H,60,61)/t32?,33-,34-,35-,36-,41+/m0/s1. The van der Waals surface area contributed by atoms with E-state index in [4.69, 9.17) is 10.8 Å². The van der Waals surface area contributed by atoms with Crippen molar-refractivity contribution in [1.29, 1.82) is 0 Å². The molecule has 2 aromatic carbocycles. The highest BCUT2D eigenvalue weighted by molar-refractivity contribution is 6.37. The van der Waals surface area contributed by atoms with Crippen LogP contribution >= 0.6 is 0 Å². The topological polar surface area (TPSA) is 325 Å². The molecular formula is C48H66N8O12. The fourth-order valence-corrected chi connectivity index (χ4v) is 7.41. The van der Waals surface area contributed by atoms with E-state index in [0.717, 1.165) is 5.56 Å². The number of Topliss-reactive ketones (excluding diaryl/α,β-unsaturated/α-hetero) is 1. The van der Waals surface area contributed by atoms with Crippen LogP contribution in [0.2, 0.25) is 0 Å². The molecule has 11 N–H and O–H groups in total. The van der Waals surface area contributed by atoms with Gasteiger partial charge in [-0.05, 0) is 53.9 Å². The molecule has 20 heteroatoms. The van der Waals surface area contributed by atoms with E-state index in [-0.39, 0.29) is 31.6 Å². The first kappa shape index (κ1) is 55.2. The lowest BCUT2D eigenvalue weighted by molar-refractivity contribution is -0.142. The second-order valence-electron chi connectivity index (χ2n) is 18.4. The highest BCUT2D eigenvalue weighted by atomic mass is 16.4. The van der Waals surface area contributed by atoms with Gasteiger partial charge in [0.1, 0.15) is 30.2 Å². The molecule has 3 aromatic rings. The number of hydrogen-bond donors (Lipinski definition) is 10. The predicted octanol–water partition coefficient (Wildman–Crippen LogP) is 1.85. The Hall–Kier alpha value is -7.12. The van der Waals surface area contributed by atoms with E-state index in [0.29, 0.717) is 34.9 Å². The van der Waals surface area contributed by atoms with Gasteiger partial charge in [-0.15, -0.1) is 0 Å². The Bertz CT molecular complexity index is 2320. The number of primary amides is 1. The molecule has 0 spiro atoms. The molecule has 0 saturated carbocycles. The number of fused-ring (bicyclic) bond motifs is 1. The molecule has 1 heterocycles.